The van der Waals surface area contributed by atoms with Crippen molar-refractivity contribution in [2.75, 3.05) is 13.7 Å². The molecule has 0 aromatic carbocycles. The number of carbonyl (C=O) groups excluding carboxylic acids is 1. The fourth-order valence-electron chi connectivity index (χ4n) is 2.01. The maximum atomic E-state index is 12.3. The number of allylic oxidation sites excluding steroid dienone is 2. The first-order valence-corrected chi connectivity index (χ1v) is 6.07. The maximum Gasteiger partial charge on any atom is 0.307 e. The van der Waals surface area contributed by atoms with Crippen molar-refractivity contribution >= 4 is 11.9 Å². The van der Waals surface area contributed by atoms with Crippen LogP contribution in [0.4, 0.5) is 0 Å². The SMILES string of the molecule is CN(C(=O)C1CC=CCC1C(=O)O)C(C)(C)CO. The van der Waals surface area contributed by atoms with Crippen LogP contribution in [0.25, 0.3) is 0 Å². The van der Waals surface area contributed by atoms with Gasteiger partial charge in [-0.2, -0.15) is 0 Å². The third kappa shape index (κ3) is 2.90. The van der Waals surface area contributed by atoms with Crippen LogP contribution in [0.1, 0.15) is 26.7 Å². The first-order chi connectivity index (χ1) is 8.31. The zero-order chi connectivity index (χ0) is 13.9. The van der Waals surface area contributed by atoms with E-state index in [2.05, 4.69) is 0 Å². The molecule has 0 saturated heterocycles. The number of nitrogens with zero attached hydrogens (tertiary/aromatic N) is 1. The molecule has 1 amide bonds. The van der Waals surface area contributed by atoms with E-state index in [0.717, 1.165) is 0 Å². The minimum absolute atomic E-state index is 0.157. The van der Waals surface area contributed by atoms with Crippen LogP contribution < -0.4 is 0 Å². The molecule has 2 unspecified atom stereocenters. The van der Waals surface area contributed by atoms with Gasteiger partial charge in [0.05, 0.1) is 24.0 Å². The van der Waals surface area contributed by atoms with Crippen LogP contribution >= 0.6 is 0 Å². The lowest BCUT2D eigenvalue weighted by Gasteiger charge is -2.38. The van der Waals surface area contributed by atoms with Crippen molar-refractivity contribution in [2.45, 2.75) is 32.2 Å². The largest absolute Gasteiger partial charge is 0.481 e. The molecular weight excluding hydrogens is 234 g/mol. The number of hydrogen-bond donors (Lipinski definition) is 2. The van der Waals surface area contributed by atoms with Gasteiger partial charge in [-0.1, -0.05) is 12.2 Å². The van der Waals surface area contributed by atoms with E-state index in [9.17, 15) is 14.7 Å². The van der Waals surface area contributed by atoms with Crippen LogP contribution in [0.3, 0.4) is 0 Å². The summed E-state index contributed by atoms with van der Waals surface area (Å²) in [5.74, 6) is -2.36. The summed E-state index contributed by atoms with van der Waals surface area (Å²) in [6.45, 7) is 3.34. The van der Waals surface area contributed by atoms with Gasteiger partial charge in [-0.25, -0.2) is 0 Å². The molecule has 0 radical (unpaired) electrons. The van der Waals surface area contributed by atoms with E-state index in [-0.39, 0.29) is 12.5 Å². The number of aliphatic carboxylic acids is 1. The number of amides is 1. The highest BCUT2D eigenvalue weighted by Crippen LogP contribution is 2.29. The standard InChI is InChI=1S/C13H21NO4/c1-13(2,8-15)14(3)11(16)9-6-4-5-7-10(9)12(17)18/h4-5,9-10,15H,6-8H2,1-3H3,(H,17,18). The van der Waals surface area contributed by atoms with E-state index in [0.29, 0.717) is 12.8 Å². The van der Waals surface area contributed by atoms with Crippen molar-refractivity contribution in [1.82, 2.24) is 4.90 Å². The Morgan fingerprint density at radius 3 is 2.22 bits per heavy atom. The molecular formula is C13H21NO4. The fraction of sp³-hybridized carbons (Fsp3) is 0.692. The summed E-state index contributed by atoms with van der Waals surface area (Å²) < 4.78 is 0. The Kier molecular flexibility index (Phi) is 4.51. The summed E-state index contributed by atoms with van der Waals surface area (Å²) in [4.78, 5) is 24.9. The van der Waals surface area contributed by atoms with Crippen molar-refractivity contribution in [1.29, 1.82) is 0 Å². The lowest BCUT2D eigenvalue weighted by atomic mass is 9.81. The maximum absolute atomic E-state index is 12.3. The predicted octanol–water partition coefficient (Wildman–Crippen LogP) is 0.883. The van der Waals surface area contributed by atoms with Crippen molar-refractivity contribution in [3.63, 3.8) is 0 Å². The zero-order valence-electron chi connectivity index (χ0n) is 11.1. The van der Waals surface area contributed by atoms with E-state index in [1.807, 2.05) is 6.08 Å². The second-order valence-electron chi connectivity index (χ2n) is 5.36. The van der Waals surface area contributed by atoms with Gasteiger partial charge in [0.1, 0.15) is 0 Å². The number of carboxylic acid groups (broad SMARTS) is 1. The van der Waals surface area contributed by atoms with Gasteiger partial charge in [-0.15, -0.1) is 0 Å². The van der Waals surface area contributed by atoms with Crippen LogP contribution in [0.15, 0.2) is 12.2 Å². The zero-order valence-corrected chi connectivity index (χ0v) is 11.1. The molecule has 0 aliphatic heterocycles. The molecule has 0 heterocycles. The minimum atomic E-state index is -0.937. The number of rotatable bonds is 4. The molecule has 0 spiro atoms. The van der Waals surface area contributed by atoms with Crippen LogP contribution in [-0.4, -0.2) is 46.2 Å². The van der Waals surface area contributed by atoms with Gasteiger partial charge in [0.25, 0.3) is 0 Å². The Morgan fingerprint density at radius 1 is 1.28 bits per heavy atom. The molecule has 2 atom stereocenters. The fourth-order valence-corrected chi connectivity index (χ4v) is 2.01. The highest BCUT2D eigenvalue weighted by atomic mass is 16.4. The van der Waals surface area contributed by atoms with Crippen LogP contribution in [-0.2, 0) is 9.59 Å². The first kappa shape index (κ1) is 14.7. The Morgan fingerprint density at radius 2 is 1.78 bits per heavy atom. The number of carbonyl (C=O) groups is 2. The van der Waals surface area contributed by atoms with E-state index in [4.69, 9.17) is 5.11 Å². The molecule has 5 nitrogen and oxygen atoms in total. The van der Waals surface area contributed by atoms with Crippen LogP contribution in [0, 0.1) is 11.8 Å². The topological polar surface area (TPSA) is 77.8 Å². The lowest BCUT2D eigenvalue weighted by molar-refractivity contribution is -0.152. The average molecular weight is 255 g/mol. The normalized spacial score (nSPS) is 23.8. The van der Waals surface area contributed by atoms with E-state index >= 15 is 0 Å². The monoisotopic (exact) mass is 255 g/mol. The van der Waals surface area contributed by atoms with Crippen molar-refractivity contribution in [2.24, 2.45) is 11.8 Å². The van der Waals surface area contributed by atoms with Crippen molar-refractivity contribution in [3.05, 3.63) is 12.2 Å². The second-order valence-corrected chi connectivity index (χ2v) is 5.36. The number of aliphatic hydroxyl groups excluding tert-OH is 1. The predicted molar refractivity (Wildman–Crippen MR) is 66.9 cm³/mol. The van der Waals surface area contributed by atoms with Gasteiger partial charge in [0, 0.05) is 7.05 Å². The Labute approximate surface area is 107 Å². The molecule has 5 heteroatoms. The summed E-state index contributed by atoms with van der Waals surface area (Å²) >= 11 is 0. The van der Waals surface area contributed by atoms with Gasteiger partial charge in [0.2, 0.25) is 5.91 Å². The summed E-state index contributed by atoms with van der Waals surface area (Å²) in [6, 6.07) is 0. The number of likely N-dealkylation sites (N-methyl/N-ethyl adjacent to an activating group) is 1. The molecule has 1 rings (SSSR count). The quantitative estimate of drug-likeness (QED) is 0.731. The van der Waals surface area contributed by atoms with E-state index in [1.165, 1.54) is 4.90 Å². The number of hydrogen-bond acceptors (Lipinski definition) is 3. The van der Waals surface area contributed by atoms with Gasteiger partial charge in [0.15, 0.2) is 0 Å². The van der Waals surface area contributed by atoms with Crippen molar-refractivity contribution in [3.8, 4) is 0 Å². The average Bonchev–Trinajstić information content (AvgIpc) is 2.36. The first-order valence-electron chi connectivity index (χ1n) is 6.07. The Hall–Kier alpha value is -1.36. The molecule has 0 saturated carbocycles. The van der Waals surface area contributed by atoms with E-state index in [1.54, 1.807) is 27.0 Å². The molecule has 1 aliphatic rings. The Balaban J connectivity index is 2.88. The van der Waals surface area contributed by atoms with Crippen LogP contribution in [0.2, 0.25) is 0 Å². The molecule has 2 N–H and O–H groups in total. The highest BCUT2D eigenvalue weighted by molar-refractivity contribution is 5.85. The summed E-state index contributed by atoms with van der Waals surface area (Å²) in [6.07, 6.45) is 4.49. The molecule has 0 aromatic rings. The van der Waals surface area contributed by atoms with Gasteiger partial charge in [-0.3, -0.25) is 9.59 Å². The van der Waals surface area contributed by atoms with Crippen molar-refractivity contribution < 1.29 is 19.8 Å². The van der Waals surface area contributed by atoms with Gasteiger partial charge < -0.3 is 15.1 Å². The molecule has 18 heavy (non-hydrogen) atoms. The Bertz CT molecular complexity index is 362. The summed E-state index contributed by atoms with van der Waals surface area (Å²) in [7, 11) is 1.61. The highest BCUT2D eigenvalue weighted by Gasteiger charge is 2.38. The van der Waals surface area contributed by atoms with Crippen LogP contribution in [0.5, 0.6) is 0 Å². The lowest BCUT2D eigenvalue weighted by Crippen LogP contribution is -2.51. The molecule has 0 bridgehead atoms. The van der Waals surface area contributed by atoms with Gasteiger partial charge >= 0.3 is 5.97 Å². The van der Waals surface area contributed by atoms with Gasteiger partial charge in [-0.05, 0) is 26.7 Å². The molecule has 0 fully saturated rings. The molecule has 0 aromatic heterocycles. The molecule has 102 valence electrons. The summed E-state index contributed by atoms with van der Waals surface area (Å²) in [5.41, 5.74) is -0.679. The summed E-state index contributed by atoms with van der Waals surface area (Å²) in [5, 5.41) is 18.4. The third-order valence-corrected chi connectivity index (χ3v) is 3.69. The number of carboxylic acids is 1. The number of aliphatic hydroxyl groups is 1. The molecule has 1 aliphatic carbocycles. The smallest absolute Gasteiger partial charge is 0.307 e. The second kappa shape index (κ2) is 5.52. The third-order valence-electron chi connectivity index (χ3n) is 3.69. The minimum Gasteiger partial charge on any atom is -0.481 e. The van der Waals surface area contributed by atoms with E-state index < -0.39 is 23.3 Å².